The Kier molecular flexibility index (Phi) is 4.11. The van der Waals surface area contributed by atoms with Gasteiger partial charge in [-0.25, -0.2) is 0 Å². The molecule has 2 unspecified atom stereocenters. The van der Waals surface area contributed by atoms with Crippen LogP contribution in [0.5, 0.6) is 11.5 Å². The standard InChI is InChI=1S/C16H14BrClO3/c1-20-10-3-5-15-11(7-10)14(19)8-16(21-15)9-2-4-13(18)12(17)6-9/h2-7,14,16,19H,8H2,1H3. The molecule has 110 valence electrons. The van der Waals surface area contributed by atoms with Crippen LogP contribution < -0.4 is 9.47 Å². The van der Waals surface area contributed by atoms with E-state index in [4.69, 9.17) is 21.1 Å². The van der Waals surface area contributed by atoms with Gasteiger partial charge in [0, 0.05) is 16.5 Å². The van der Waals surface area contributed by atoms with E-state index < -0.39 is 6.10 Å². The quantitative estimate of drug-likeness (QED) is 0.836. The zero-order chi connectivity index (χ0) is 15.0. The summed E-state index contributed by atoms with van der Waals surface area (Å²) < 4.78 is 12.0. The van der Waals surface area contributed by atoms with Crippen molar-refractivity contribution >= 4 is 27.5 Å². The number of hydrogen-bond donors (Lipinski definition) is 1. The van der Waals surface area contributed by atoms with Gasteiger partial charge in [-0.2, -0.15) is 0 Å². The molecule has 0 radical (unpaired) electrons. The maximum atomic E-state index is 10.4. The summed E-state index contributed by atoms with van der Waals surface area (Å²) in [5, 5.41) is 11.0. The van der Waals surface area contributed by atoms with E-state index in [2.05, 4.69) is 15.9 Å². The molecule has 0 saturated heterocycles. The second-order valence-corrected chi connectivity index (χ2v) is 6.20. The van der Waals surface area contributed by atoms with Gasteiger partial charge in [0.25, 0.3) is 0 Å². The highest BCUT2D eigenvalue weighted by Gasteiger charge is 2.28. The first-order valence-electron chi connectivity index (χ1n) is 6.56. The molecule has 1 aliphatic heterocycles. The van der Waals surface area contributed by atoms with Gasteiger partial charge in [0.2, 0.25) is 0 Å². The maximum Gasteiger partial charge on any atom is 0.127 e. The Morgan fingerprint density at radius 3 is 2.81 bits per heavy atom. The molecule has 2 aromatic carbocycles. The van der Waals surface area contributed by atoms with Crippen molar-refractivity contribution < 1.29 is 14.6 Å². The lowest BCUT2D eigenvalue weighted by atomic mass is 9.95. The normalized spacial score (nSPS) is 20.6. The molecule has 1 N–H and O–H groups in total. The van der Waals surface area contributed by atoms with Gasteiger partial charge in [0.15, 0.2) is 0 Å². The van der Waals surface area contributed by atoms with E-state index in [1.165, 1.54) is 0 Å². The van der Waals surface area contributed by atoms with Crippen LogP contribution in [0.1, 0.15) is 29.8 Å². The van der Waals surface area contributed by atoms with Crippen molar-refractivity contribution in [3.63, 3.8) is 0 Å². The first-order valence-corrected chi connectivity index (χ1v) is 7.73. The Hall–Kier alpha value is -1.23. The summed E-state index contributed by atoms with van der Waals surface area (Å²) in [6.45, 7) is 0. The minimum atomic E-state index is -0.580. The highest BCUT2D eigenvalue weighted by Crippen LogP contribution is 2.42. The van der Waals surface area contributed by atoms with Crippen molar-refractivity contribution in [2.24, 2.45) is 0 Å². The molecule has 0 spiro atoms. The van der Waals surface area contributed by atoms with Crippen LogP contribution in [0.3, 0.4) is 0 Å². The fraction of sp³-hybridized carbons (Fsp3) is 0.250. The molecule has 0 aliphatic carbocycles. The van der Waals surface area contributed by atoms with E-state index >= 15 is 0 Å². The van der Waals surface area contributed by atoms with Crippen LogP contribution >= 0.6 is 27.5 Å². The number of aliphatic hydroxyl groups is 1. The molecule has 2 atom stereocenters. The molecule has 0 aromatic heterocycles. The zero-order valence-electron chi connectivity index (χ0n) is 11.3. The lowest BCUT2D eigenvalue weighted by Crippen LogP contribution is -2.19. The van der Waals surface area contributed by atoms with Gasteiger partial charge >= 0.3 is 0 Å². The number of halogens is 2. The third-order valence-corrected chi connectivity index (χ3v) is 4.81. The summed E-state index contributed by atoms with van der Waals surface area (Å²) in [6.07, 6.45) is -0.286. The number of ether oxygens (including phenoxy) is 2. The van der Waals surface area contributed by atoms with E-state index in [1.54, 1.807) is 7.11 Å². The number of benzene rings is 2. The SMILES string of the molecule is COc1ccc2c(c1)C(O)CC(c1ccc(Cl)c(Br)c1)O2. The minimum absolute atomic E-state index is 0.200. The number of aliphatic hydroxyl groups excluding tert-OH is 1. The molecule has 1 heterocycles. The average Bonchev–Trinajstić information content (AvgIpc) is 2.49. The van der Waals surface area contributed by atoms with Gasteiger partial charge in [-0.1, -0.05) is 17.7 Å². The molecule has 0 amide bonds. The van der Waals surface area contributed by atoms with Gasteiger partial charge < -0.3 is 14.6 Å². The van der Waals surface area contributed by atoms with E-state index in [9.17, 15) is 5.11 Å². The summed E-state index contributed by atoms with van der Waals surface area (Å²) in [7, 11) is 1.60. The Balaban J connectivity index is 1.92. The van der Waals surface area contributed by atoms with E-state index in [-0.39, 0.29) is 6.10 Å². The summed E-state index contributed by atoms with van der Waals surface area (Å²) in [5.74, 6) is 1.40. The van der Waals surface area contributed by atoms with Gasteiger partial charge in [0.05, 0.1) is 18.2 Å². The molecule has 0 bridgehead atoms. The van der Waals surface area contributed by atoms with Crippen LogP contribution in [0, 0.1) is 0 Å². The Morgan fingerprint density at radius 1 is 1.29 bits per heavy atom. The van der Waals surface area contributed by atoms with Crippen molar-refractivity contribution in [3.05, 3.63) is 57.0 Å². The highest BCUT2D eigenvalue weighted by atomic mass is 79.9. The Morgan fingerprint density at radius 2 is 2.10 bits per heavy atom. The van der Waals surface area contributed by atoms with Crippen LogP contribution in [0.25, 0.3) is 0 Å². The Labute approximate surface area is 136 Å². The van der Waals surface area contributed by atoms with Gasteiger partial charge in [-0.15, -0.1) is 0 Å². The van der Waals surface area contributed by atoms with Crippen LogP contribution in [0.2, 0.25) is 5.02 Å². The van der Waals surface area contributed by atoms with Crippen LogP contribution in [0.15, 0.2) is 40.9 Å². The summed E-state index contributed by atoms with van der Waals surface area (Å²) in [5.41, 5.74) is 1.74. The van der Waals surface area contributed by atoms with Crippen molar-refractivity contribution in [1.29, 1.82) is 0 Å². The maximum absolute atomic E-state index is 10.4. The van der Waals surface area contributed by atoms with Gasteiger partial charge in [-0.3, -0.25) is 0 Å². The lowest BCUT2D eigenvalue weighted by molar-refractivity contribution is 0.0654. The third-order valence-electron chi connectivity index (χ3n) is 3.60. The largest absolute Gasteiger partial charge is 0.497 e. The zero-order valence-corrected chi connectivity index (χ0v) is 13.7. The number of hydrogen-bond acceptors (Lipinski definition) is 3. The third kappa shape index (κ3) is 2.89. The fourth-order valence-corrected chi connectivity index (χ4v) is 2.98. The number of rotatable bonds is 2. The van der Waals surface area contributed by atoms with Crippen LogP contribution in [0.4, 0.5) is 0 Å². The molecule has 3 nitrogen and oxygen atoms in total. The number of methoxy groups -OCH3 is 1. The van der Waals surface area contributed by atoms with Crippen molar-refractivity contribution in [2.45, 2.75) is 18.6 Å². The Bertz CT molecular complexity index is 675. The molecule has 0 fully saturated rings. The van der Waals surface area contributed by atoms with Crippen LogP contribution in [-0.4, -0.2) is 12.2 Å². The van der Waals surface area contributed by atoms with E-state index in [0.29, 0.717) is 22.9 Å². The van der Waals surface area contributed by atoms with Crippen molar-refractivity contribution in [3.8, 4) is 11.5 Å². The molecule has 21 heavy (non-hydrogen) atoms. The summed E-state index contributed by atoms with van der Waals surface area (Å²) in [4.78, 5) is 0. The van der Waals surface area contributed by atoms with Crippen molar-refractivity contribution in [1.82, 2.24) is 0 Å². The smallest absolute Gasteiger partial charge is 0.127 e. The van der Waals surface area contributed by atoms with Gasteiger partial charge in [-0.05, 0) is 51.8 Å². The van der Waals surface area contributed by atoms with E-state index in [1.807, 2.05) is 36.4 Å². The second kappa shape index (κ2) is 5.87. The number of fused-ring (bicyclic) bond motifs is 1. The van der Waals surface area contributed by atoms with Gasteiger partial charge in [0.1, 0.15) is 17.6 Å². The molecular formula is C16H14BrClO3. The molecule has 5 heteroatoms. The molecule has 3 rings (SSSR count). The molecular weight excluding hydrogens is 356 g/mol. The second-order valence-electron chi connectivity index (χ2n) is 4.94. The summed E-state index contributed by atoms with van der Waals surface area (Å²) >= 11 is 9.42. The predicted octanol–water partition coefficient (Wildman–Crippen LogP) is 4.67. The minimum Gasteiger partial charge on any atom is -0.497 e. The van der Waals surface area contributed by atoms with E-state index in [0.717, 1.165) is 15.6 Å². The highest BCUT2D eigenvalue weighted by molar-refractivity contribution is 9.10. The van der Waals surface area contributed by atoms with Crippen LogP contribution in [-0.2, 0) is 0 Å². The lowest BCUT2D eigenvalue weighted by Gasteiger charge is -2.30. The fourth-order valence-electron chi connectivity index (χ4n) is 2.47. The van der Waals surface area contributed by atoms with Crippen molar-refractivity contribution in [2.75, 3.05) is 7.11 Å². The average molecular weight is 370 g/mol. The topological polar surface area (TPSA) is 38.7 Å². The monoisotopic (exact) mass is 368 g/mol. The summed E-state index contributed by atoms with van der Waals surface area (Å²) in [6, 6.07) is 11.1. The molecule has 2 aromatic rings. The molecule has 0 saturated carbocycles. The molecule has 1 aliphatic rings. The first kappa shape index (κ1) is 14.7. The predicted molar refractivity (Wildman–Crippen MR) is 85.1 cm³/mol. The first-order chi connectivity index (χ1) is 10.1.